The lowest BCUT2D eigenvalue weighted by molar-refractivity contribution is -0.0338. The largest absolute Gasteiger partial charge is 0.454 e. The summed E-state index contributed by atoms with van der Waals surface area (Å²) < 4.78 is 28.8. The van der Waals surface area contributed by atoms with Crippen molar-refractivity contribution in [3.63, 3.8) is 0 Å². The number of hydrogen-bond acceptors (Lipinski definition) is 6. The van der Waals surface area contributed by atoms with E-state index in [-0.39, 0.29) is 18.9 Å². The maximum Gasteiger partial charge on any atom is 0.231 e. The Labute approximate surface area is 151 Å². The van der Waals surface area contributed by atoms with Crippen LogP contribution in [0.25, 0.3) is 0 Å². The second-order valence-electron chi connectivity index (χ2n) is 7.18. The fourth-order valence-corrected chi connectivity index (χ4v) is 4.54. The molecule has 26 heavy (non-hydrogen) atoms. The number of likely N-dealkylation sites (N-methyl/N-ethyl adjacent to an activating group) is 1. The van der Waals surface area contributed by atoms with Crippen LogP contribution < -0.4 is 18.9 Å². The third-order valence-electron chi connectivity index (χ3n) is 5.84. The molecule has 0 N–H and O–H groups in total. The van der Waals surface area contributed by atoms with Crippen LogP contribution in [0.3, 0.4) is 0 Å². The Morgan fingerprint density at radius 1 is 0.923 bits per heavy atom. The zero-order valence-electron chi connectivity index (χ0n) is 14.5. The Hall–Kier alpha value is -2.44. The van der Waals surface area contributed by atoms with E-state index in [4.69, 9.17) is 23.7 Å². The number of benzene rings is 2. The Morgan fingerprint density at radius 2 is 1.73 bits per heavy atom. The van der Waals surface area contributed by atoms with E-state index in [1.807, 2.05) is 6.07 Å². The van der Waals surface area contributed by atoms with Crippen molar-refractivity contribution in [3.05, 3.63) is 46.5 Å². The minimum atomic E-state index is -0.0418. The molecule has 0 amide bonds. The van der Waals surface area contributed by atoms with Crippen molar-refractivity contribution in [3.8, 4) is 23.0 Å². The zero-order chi connectivity index (χ0) is 17.3. The van der Waals surface area contributed by atoms with Crippen molar-refractivity contribution in [1.82, 2.24) is 4.90 Å². The predicted molar refractivity (Wildman–Crippen MR) is 91.7 cm³/mol. The van der Waals surface area contributed by atoms with Gasteiger partial charge in [-0.25, -0.2) is 0 Å². The molecule has 6 heteroatoms. The van der Waals surface area contributed by atoms with Gasteiger partial charge in [-0.05, 0) is 48.4 Å². The van der Waals surface area contributed by atoms with Gasteiger partial charge in [0.25, 0.3) is 0 Å². The molecule has 2 aromatic carbocycles. The maximum atomic E-state index is 6.40. The molecule has 6 rings (SSSR count). The molecule has 0 bridgehead atoms. The monoisotopic (exact) mass is 353 g/mol. The van der Waals surface area contributed by atoms with E-state index in [9.17, 15) is 0 Å². The van der Waals surface area contributed by atoms with E-state index >= 15 is 0 Å². The van der Waals surface area contributed by atoms with E-state index in [2.05, 4.69) is 30.1 Å². The Morgan fingerprint density at radius 3 is 2.65 bits per heavy atom. The van der Waals surface area contributed by atoms with Crippen molar-refractivity contribution >= 4 is 0 Å². The molecule has 0 saturated carbocycles. The zero-order valence-corrected chi connectivity index (χ0v) is 14.5. The van der Waals surface area contributed by atoms with Crippen molar-refractivity contribution in [1.29, 1.82) is 0 Å². The van der Waals surface area contributed by atoms with Crippen molar-refractivity contribution in [2.24, 2.45) is 0 Å². The highest BCUT2D eigenvalue weighted by atomic mass is 16.7. The molecular formula is C20H19NO5. The van der Waals surface area contributed by atoms with E-state index < -0.39 is 0 Å². The molecule has 6 nitrogen and oxygen atoms in total. The van der Waals surface area contributed by atoms with Crippen LogP contribution in [-0.2, 0) is 17.8 Å². The molecule has 0 aromatic heterocycles. The lowest BCUT2D eigenvalue weighted by Gasteiger charge is -2.38. The van der Waals surface area contributed by atoms with E-state index in [1.165, 1.54) is 16.7 Å². The van der Waals surface area contributed by atoms with Crippen molar-refractivity contribution < 1.29 is 23.7 Å². The van der Waals surface area contributed by atoms with Gasteiger partial charge in [0.05, 0.1) is 12.6 Å². The number of rotatable bonds is 0. The first kappa shape index (κ1) is 14.7. The second-order valence-corrected chi connectivity index (χ2v) is 7.18. The van der Waals surface area contributed by atoms with Gasteiger partial charge in [-0.2, -0.15) is 0 Å². The molecule has 4 aliphatic heterocycles. The van der Waals surface area contributed by atoms with Gasteiger partial charge in [0.2, 0.25) is 13.6 Å². The third-order valence-corrected chi connectivity index (χ3v) is 5.84. The molecule has 2 aromatic rings. The molecule has 4 heterocycles. The minimum Gasteiger partial charge on any atom is -0.454 e. The first-order valence-electron chi connectivity index (χ1n) is 8.95. The first-order valence-corrected chi connectivity index (χ1v) is 8.95. The Bertz CT molecular complexity index is 912. The summed E-state index contributed by atoms with van der Waals surface area (Å²) >= 11 is 0. The van der Waals surface area contributed by atoms with Crippen LogP contribution in [0, 0.1) is 0 Å². The fraction of sp³-hybridized carbons (Fsp3) is 0.400. The van der Waals surface area contributed by atoms with Gasteiger partial charge in [-0.1, -0.05) is 6.07 Å². The molecule has 4 aliphatic rings. The average molecular weight is 353 g/mol. The fourth-order valence-electron chi connectivity index (χ4n) is 4.54. The molecular weight excluding hydrogens is 334 g/mol. The molecule has 0 spiro atoms. The summed E-state index contributed by atoms with van der Waals surface area (Å²) in [7, 11) is 2.16. The van der Waals surface area contributed by atoms with Gasteiger partial charge in [0.1, 0.15) is 6.10 Å². The van der Waals surface area contributed by atoms with E-state index in [0.29, 0.717) is 13.4 Å². The van der Waals surface area contributed by atoms with Gasteiger partial charge in [0.15, 0.2) is 23.0 Å². The molecule has 0 saturated heterocycles. The molecule has 0 aliphatic carbocycles. The van der Waals surface area contributed by atoms with Gasteiger partial charge in [0, 0.05) is 12.1 Å². The molecule has 2 atom stereocenters. The molecule has 2 unspecified atom stereocenters. The van der Waals surface area contributed by atoms with Crippen LogP contribution >= 0.6 is 0 Å². The summed E-state index contributed by atoms with van der Waals surface area (Å²) in [5.74, 6) is 3.30. The second kappa shape index (κ2) is 5.28. The molecule has 0 radical (unpaired) electrons. The van der Waals surface area contributed by atoms with Crippen LogP contribution in [0.4, 0.5) is 0 Å². The first-order chi connectivity index (χ1) is 12.8. The van der Waals surface area contributed by atoms with Crippen LogP contribution in [0.2, 0.25) is 0 Å². The van der Waals surface area contributed by atoms with Gasteiger partial charge in [-0.15, -0.1) is 0 Å². The van der Waals surface area contributed by atoms with Gasteiger partial charge in [-0.3, -0.25) is 4.90 Å². The van der Waals surface area contributed by atoms with E-state index in [0.717, 1.165) is 41.5 Å². The van der Waals surface area contributed by atoms with Gasteiger partial charge >= 0.3 is 0 Å². The summed E-state index contributed by atoms with van der Waals surface area (Å²) in [5.41, 5.74) is 4.85. The van der Waals surface area contributed by atoms with Crippen molar-refractivity contribution in [2.75, 3.05) is 27.2 Å². The highest BCUT2D eigenvalue weighted by Crippen LogP contribution is 2.51. The van der Waals surface area contributed by atoms with Gasteiger partial charge < -0.3 is 23.7 Å². The third kappa shape index (κ3) is 1.94. The van der Waals surface area contributed by atoms with Crippen LogP contribution in [0.1, 0.15) is 34.4 Å². The lowest BCUT2D eigenvalue weighted by Crippen LogP contribution is -2.33. The number of ether oxygens (including phenoxy) is 5. The van der Waals surface area contributed by atoms with Crippen molar-refractivity contribution in [2.45, 2.75) is 25.2 Å². The summed E-state index contributed by atoms with van der Waals surface area (Å²) in [4.78, 5) is 2.37. The number of nitrogens with zero attached hydrogens (tertiary/aromatic N) is 1. The predicted octanol–water partition coefficient (Wildman–Crippen LogP) is 2.94. The summed E-state index contributed by atoms with van der Waals surface area (Å²) in [5, 5.41) is 0. The maximum absolute atomic E-state index is 6.40. The molecule has 134 valence electrons. The van der Waals surface area contributed by atoms with Crippen LogP contribution in [-0.4, -0.2) is 32.1 Å². The number of hydrogen-bond donors (Lipinski definition) is 0. The summed E-state index contributed by atoms with van der Waals surface area (Å²) in [6.07, 6.45) is 0.915. The standard InChI is InChI=1S/C20H19NO5/c1-21-5-4-11-6-16-17(25-9-24-16)7-13(11)20-18(21)12-2-3-15-19(26-10-23-15)14(12)8-22-20/h2-3,6-7,18,20H,4-5,8-10H2,1H3. The molecule has 0 fully saturated rings. The summed E-state index contributed by atoms with van der Waals surface area (Å²) in [6, 6.07) is 8.54. The Kier molecular flexibility index (Phi) is 2.99. The van der Waals surface area contributed by atoms with E-state index in [1.54, 1.807) is 0 Å². The summed E-state index contributed by atoms with van der Waals surface area (Å²) in [6.45, 7) is 2.04. The van der Waals surface area contributed by atoms with Crippen LogP contribution in [0.5, 0.6) is 23.0 Å². The topological polar surface area (TPSA) is 49.4 Å². The number of fused-ring (bicyclic) bond motifs is 8. The lowest BCUT2D eigenvalue weighted by atomic mass is 9.87. The normalized spacial score (nSPS) is 25.3. The SMILES string of the molecule is CN1CCc2cc3c(cc2C2OCc4c(ccc5c4OCO5)C21)OCO3. The smallest absolute Gasteiger partial charge is 0.231 e. The average Bonchev–Trinajstić information content (AvgIpc) is 3.30. The minimum absolute atomic E-state index is 0.0418. The Balaban J connectivity index is 1.51. The highest BCUT2D eigenvalue weighted by molar-refractivity contribution is 5.56. The quantitative estimate of drug-likeness (QED) is 0.726. The highest BCUT2D eigenvalue weighted by Gasteiger charge is 2.40. The van der Waals surface area contributed by atoms with Crippen LogP contribution in [0.15, 0.2) is 24.3 Å².